The van der Waals surface area contributed by atoms with Gasteiger partial charge >= 0.3 is 0 Å². The van der Waals surface area contributed by atoms with Crippen molar-refractivity contribution in [2.24, 2.45) is 0 Å². The second-order valence-electron chi connectivity index (χ2n) is 7.06. The summed E-state index contributed by atoms with van der Waals surface area (Å²) in [6.07, 6.45) is 10.9. The quantitative estimate of drug-likeness (QED) is 0.168. The molecule has 0 aliphatic rings. The van der Waals surface area contributed by atoms with E-state index in [2.05, 4.69) is 93.4 Å². The molecule has 156 valence electrons. The van der Waals surface area contributed by atoms with E-state index in [4.69, 9.17) is 0 Å². The lowest BCUT2D eigenvalue weighted by molar-refractivity contribution is 0.670. The zero-order chi connectivity index (χ0) is 20.9. The molecule has 0 atom stereocenters. The smallest absolute Gasteiger partial charge is 0.0782 e. The second kappa shape index (κ2) is 10.9. The second-order valence-corrected chi connectivity index (χ2v) is 14.2. The number of rotatable bonds is 9. The van der Waals surface area contributed by atoms with Crippen LogP contribution in [0.4, 0.5) is 0 Å². The summed E-state index contributed by atoms with van der Waals surface area (Å²) in [6.45, 7) is 2.27. The molecule has 4 heterocycles. The number of aryl methyl sites for hydroxylation is 1. The minimum absolute atomic E-state index is 1.14. The highest BCUT2D eigenvalue weighted by atomic mass is 79.9. The van der Waals surface area contributed by atoms with Crippen LogP contribution in [0.1, 0.15) is 47.9 Å². The van der Waals surface area contributed by atoms with Gasteiger partial charge in [-0.15, -0.1) is 45.3 Å². The molecule has 0 N–H and O–H groups in total. The van der Waals surface area contributed by atoms with Crippen LogP contribution >= 0.6 is 77.2 Å². The molecule has 0 aromatic carbocycles. The van der Waals surface area contributed by atoms with Crippen LogP contribution in [0.2, 0.25) is 0 Å². The third kappa shape index (κ3) is 5.84. The molecule has 4 rings (SSSR count). The Balaban J connectivity index is 1.42. The van der Waals surface area contributed by atoms with Crippen molar-refractivity contribution < 1.29 is 0 Å². The van der Waals surface area contributed by atoms with Crippen molar-refractivity contribution in [3.63, 3.8) is 0 Å². The summed E-state index contributed by atoms with van der Waals surface area (Å²) in [6, 6.07) is 15.8. The lowest BCUT2D eigenvalue weighted by Gasteiger charge is -1.96. The van der Waals surface area contributed by atoms with Crippen molar-refractivity contribution in [1.29, 1.82) is 0 Å². The molecule has 0 saturated heterocycles. The fourth-order valence-corrected chi connectivity index (χ4v) is 9.09. The fourth-order valence-electron chi connectivity index (χ4n) is 3.19. The van der Waals surface area contributed by atoms with Crippen LogP contribution in [0.15, 0.2) is 50.0 Å². The molecular weight excluding hydrogens is 576 g/mol. The molecule has 4 aromatic heterocycles. The lowest BCUT2D eigenvalue weighted by Crippen LogP contribution is -1.80. The molecule has 0 aliphatic carbocycles. The van der Waals surface area contributed by atoms with E-state index in [1.807, 2.05) is 34.0 Å². The predicted octanol–water partition coefficient (Wildman–Crippen LogP) is 11.1. The minimum atomic E-state index is 1.14. The van der Waals surface area contributed by atoms with Crippen LogP contribution < -0.4 is 0 Å². The number of unbranched alkanes of at least 4 members (excludes halogenated alkanes) is 3. The van der Waals surface area contributed by atoms with E-state index in [0.717, 1.165) is 7.57 Å². The molecule has 30 heavy (non-hydrogen) atoms. The van der Waals surface area contributed by atoms with Crippen molar-refractivity contribution in [3.05, 3.63) is 65.4 Å². The Morgan fingerprint density at radius 3 is 2.17 bits per heavy atom. The first-order valence-electron chi connectivity index (χ1n) is 10.0. The molecule has 0 amide bonds. The maximum Gasteiger partial charge on any atom is 0.0782 e. The Kier molecular flexibility index (Phi) is 8.23. The Labute approximate surface area is 211 Å². The molecule has 4 aromatic rings. The van der Waals surface area contributed by atoms with Gasteiger partial charge in [0.2, 0.25) is 0 Å². The van der Waals surface area contributed by atoms with E-state index in [1.54, 1.807) is 11.3 Å². The van der Waals surface area contributed by atoms with Crippen LogP contribution in [-0.4, -0.2) is 0 Å². The highest BCUT2D eigenvalue weighted by Crippen LogP contribution is 2.40. The van der Waals surface area contributed by atoms with Gasteiger partial charge in [-0.05, 0) is 93.2 Å². The molecule has 0 nitrogen and oxygen atoms in total. The van der Waals surface area contributed by atoms with Crippen molar-refractivity contribution >= 4 is 89.4 Å². The Morgan fingerprint density at radius 1 is 0.733 bits per heavy atom. The van der Waals surface area contributed by atoms with Gasteiger partial charge in [0.1, 0.15) is 0 Å². The highest BCUT2D eigenvalue weighted by Gasteiger charge is 2.10. The summed E-state index contributed by atoms with van der Waals surface area (Å²) in [4.78, 5) is 8.28. The van der Waals surface area contributed by atoms with E-state index in [9.17, 15) is 0 Å². The summed E-state index contributed by atoms with van der Waals surface area (Å²) in [7, 11) is 0. The number of hydrogen-bond acceptors (Lipinski definition) is 4. The average Bonchev–Trinajstić information content (AvgIpc) is 3.50. The van der Waals surface area contributed by atoms with Gasteiger partial charge in [0.05, 0.1) is 7.57 Å². The highest BCUT2D eigenvalue weighted by molar-refractivity contribution is 9.12. The van der Waals surface area contributed by atoms with Crippen molar-refractivity contribution in [1.82, 2.24) is 0 Å². The van der Waals surface area contributed by atoms with Crippen LogP contribution in [0, 0.1) is 0 Å². The largest absolute Gasteiger partial charge is 0.139 e. The first kappa shape index (κ1) is 22.7. The molecule has 0 aliphatic heterocycles. The van der Waals surface area contributed by atoms with Gasteiger partial charge in [-0.1, -0.05) is 32.3 Å². The van der Waals surface area contributed by atoms with E-state index in [0.29, 0.717) is 0 Å². The Bertz CT molecular complexity index is 1130. The van der Waals surface area contributed by atoms with Crippen LogP contribution in [-0.2, 0) is 6.42 Å². The molecule has 6 heteroatoms. The Morgan fingerprint density at radius 2 is 1.43 bits per heavy atom. The van der Waals surface area contributed by atoms with E-state index >= 15 is 0 Å². The third-order valence-corrected chi connectivity index (χ3v) is 10.8. The SMILES string of the molecule is CCCCCCc1ccc(-c2ccc(-c3ccc(/C=C/c4cc(Br)sc4Br)s3)s2)s1. The summed E-state index contributed by atoms with van der Waals surface area (Å²) >= 11 is 14.6. The van der Waals surface area contributed by atoms with Gasteiger partial charge in [-0.25, -0.2) is 0 Å². The van der Waals surface area contributed by atoms with Crippen LogP contribution in [0.5, 0.6) is 0 Å². The zero-order valence-electron chi connectivity index (χ0n) is 16.6. The summed E-state index contributed by atoms with van der Waals surface area (Å²) in [5.74, 6) is 0. The third-order valence-electron chi connectivity index (χ3n) is 4.77. The molecule has 0 bridgehead atoms. The summed E-state index contributed by atoms with van der Waals surface area (Å²) in [5.41, 5.74) is 1.21. The normalized spacial score (nSPS) is 11.7. The van der Waals surface area contributed by atoms with Crippen molar-refractivity contribution in [2.45, 2.75) is 39.0 Å². The maximum absolute atomic E-state index is 3.62. The van der Waals surface area contributed by atoms with Gasteiger partial charge in [-0.3, -0.25) is 0 Å². The number of hydrogen-bond donors (Lipinski definition) is 0. The number of thiophene rings is 4. The molecule has 0 fully saturated rings. The summed E-state index contributed by atoms with van der Waals surface area (Å²) < 4.78 is 2.30. The molecule has 0 radical (unpaired) electrons. The summed E-state index contributed by atoms with van der Waals surface area (Å²) in [5, 5.41) is 0. The van der Waals surface area contributed by atoms with E-state index in [1.165, 1.54) is 66.9 Å². The maximum atomic E-state index is 3.62. The molecule has 0 unspecified atom stereocenters. The van der Waals surface area contributed by atoms with Crippen molar-refractivity contribution in [3.8, 4) is 19.5 Å². The van der Waals surface area contributed by atoms with Gasteiger partial charge in [0, 0.05) is 34.8 Å². The fraction of sp³-hybridized carbons (Fsp3) is 0.250. The van der Waals surface area contributed by atoms with Crippen molar-refractivity contribution in [2.75, 3.05) is 0 Å². The molecule has 0 spiro atoms. The average molecular weight is 599 g/mol. The van der Waals surface area contributed by atoms with E-state index < -0.39 is 0 Å². The Hall–Kier alpha value is -0.500. The molecular formula is C24H22Br2S4. The van der Waals surface area contributed by atoms with Gasteiger partial charge in [0.15, 0.2) is 0 Å². The van der Waals surface area contributed by atoms with Crippen LogP contribution in [0.25, 0.3) is 31.7 Å². The van der Waals surface area contributed by atoms with Gasteiger partial charge in [0.25, 0.3) is 0 Å². The number of halogens is 2. The van der Waals surface area contributed by atoms with Gasteiger partial charge in [-0.2, -0.15) is 0 Å². The first-order chi connectivity index (χ1) is 14.6. The monoisotopic (exact) mass is 596 g/mol. The van der Waals surface area contributed by atoms with E-state index in [-0.39, 0.29) is 0 Å². The zero-order valence-corrected chi connectivity index (χ0v) is 23.1. The topological polar surface area (TPSA) is 0 Å². The van der Waals surface area contributed by atoms with Crippen LogP contribution in [0.3, 0.4) is 0 Å². The lowest BCUT2D eigenvalue weighted by atomic mass is 10.1. The first-order valence-corrected chi connectivity index (χ1v) is 14.9. The predicted molar refractivity (Wildman–Crippen MR) is 147 cm³/mol. The standard InChI is InChI=1S/C24H22Br2S4/c1-2-3-4-5-6-17-9-11-19(27-17)21-13-14-22(29-21)20-12-10-18(28-20)8-7-16-15-23(25)30-24(16)26/h7-15H,2-6H2,1H3/b8-7+. The molecule has 0 saturated carbocycles. The minimum Gasteiger partial charge on any atom is -0.139 e. The van der Waals surface area contributed by atoms with Gasteiger partial charge < -0.3 is 0 Å².